The lowest BCUT2D eigenvalue weighted by Crippen LogP contribution is -2.55. The first kappa shape index (κ1) is 18.2. The average Bonchev–Trinajstić information content (AvgIpc) is 2.17. The summed E-state index contributed by atoms with van der Waals surface area (Å²) in [4.78, 5) is 0. The van der Waals surface area contributed by atoms with E-state index < -0.39 is 21.1 Å². The Morgan fingerprint density at radius 1 is 0.529 bits per heavy atom. The van der Waals surface area contributed by atoms with E-state index in [0.717, 1.165) is 0 Å². The van der Waals surface area contributed by atoms with Crippen LogP contribution >= 0.6 is 114 Å². The zero-order valence-corrected chi connectivity index (χ0v) is 17.2. The van der Waals surface area contributed by atoms with Gasteiger partial charge in [0.05, 0.1) is 12.9 Å². The van der Waals surface area contributed by atoms with Gasteiger partial charge in [0.1, 0.15) is 8.16 Å². The van der Waals surface area contributed by atoms with Crippen molar-refractivity contribution >= 4 is 114 Å². The third kappa shape index (κ3) is 1.92. The smallest absolute Gasteiger partial charge is 0.106 e. The van der Waals surface area contributed by atoms with Gasteiger partial charge in [0.2, 0.25) is 0 Å². The molecule has 0 atom stereocenters. The van der Waals surface area contributed by atoms with E-state index in [-0.39, 0.29) is 5.92 Å². The monoisotopic (exact) mass is 400 g/mol. The summed E-state index contributed by atoms with van der Waals surface area (Å²) in [5.74, 6) is 0.0654. The predicted molar refractivity (Wildman–Crippen MR) is 109 cm³/mol. The van der Waals surface area contributed by atoms with E-state index in [1.54, 1.807) is 0 Å². The van der Waals surface area contributed by atoms with Gasteiger partial charge >= 0.3 is 0 Å². The summed E-state index contributed by atoms with van der Waals surface area (Å²) in [6.07, 6.45) is 0. The van der Waals surface area contributed by atoms with E-state index >= 15 is 0 Å². The second-order valence-corrected chi connectivity index (χ2v) is 12.1. The fourth-order valence-electron chi connectivity index (χ4n) is 2.07. The van der Waals surface area contributed by atoms with Crippen LogP contribution in [0.3, 0.4) is 0 Å². The molecule has 0 unspecified atom stereocenters. The maximum absolute atomic E-state index is 4.76. The molecule has 102 valence electrons. The van der Waals surface area contributed by atoms with Crippen molar-refractivity contribution in [1.29, 1.82) is 0 Å². The van der Waals surface area contributed by atoms with Crippen molar-refractivity contribution < 1.29 is 0 Å². The third-order valence-corrected chi connectivity index (χ3v) is 12.8. The van der Waals surface area contributed by atoms with Gasteiger partial charge < -0.3 is 0 Å². The minimum atomic E-state index is -1.05. The minimum absolute atomic E-state index is 0.0654. The van der Waals surface area contributed by atoms with Crippen molar-refractivity contribution in [2.75, 3.05) is 0 Å². The lowest BCUT2D eigenvalue weighted by molar-refractivity contribution is 0.436. The highest BCUT2D eigenvalue weighted by Gasteiger charge is 2.81. The van der Waals surface area contributed by atoms with Crippen molar-refractivity contribution in [3.05, 3.63) is 0 Å². The first-order valence-corrected chi connectivity index (χ1v) is 8.73. The second-order valence-electron chi connectivity index (χ2n) is 4.61. The zero-order valence-electron chi connectivity index (χ0n) is 9.10. The van der Waals surface area contributed by atoms with Crippen molar-refractivity contribution in [1.82, 2.24) is 0 Å². The maximum atomic E-state index is 4.76. The lowest BCUT2D eigenvalue weighted by Gasteiger charge is -2.47. The summed E-state index contributed by atoms with van der Waals surface area (Å²) in [5, 5.41) is 0. The molecule has 1 aliphatic rings. The zero-order chi connectivity index (χ0) is 14.1. The highest BCUT2D eigenvalue weighted by molar-refractivity contribution is 8.16. The van der Waals surface area contributed by atoms with Crippen LogP contribution in [0.15, 0.2) is 0 Å². The van der Waals surface area contributed by atoms with E-state index in [9.17, 15) is 0 Å². The molecule has 1 aliphatic carbocycles. The molecule has 1 rings (SSSR count). The standard InChI is InChI=1S/C8H16S9/c1-3(2)4(9)5(10,11)7(14,15)8(16,17)6(4,12)13/h3,9-17H,1-2H3. The summed E-state index contributed by atoms with van der Waals surface area (Å²) in [7, 11) is 0. The van der Waals surface area contributed by atoms with Crippen LogP contribution < -0.4 is 0 Å². The molecule has 0 aromatic rings. The van der Waals surface area contributed by atoms with Crippen LogP contribution in [0.4, 0.5) is 0 Å². The van der Waals surface area contributed by atoms with Gasteiger partial charge in [-0.2, -0.15) is 114 Å². The number of hydrogen-bond acceptors (Lipinski definition) is 9. The van der Waals surface area contributed by atoms with Crippen molar-refractivity contribution in [2.45, 2.75) is 34.9 Å². The highest BCUT2D eigenvalue weighted by Crippen LogP contribution is 2.76. The molecule has 0 nitrogen and oxygen atoms in total. The summed E-state index contributed by atoms with van der Waals surface area (Å²) in [6.45, 7) is 3.99. The van der Waals surface area contributed by atoms with Gasteiger partial charge in [-0.25, -0.2) is 0 Å². The molecule has 1 saturated carbocycles. The van der Waals surface area contributed by atoms with Gasteiger partial charge in [-0.05, 0) is 5.92 Å². The normalized spacial score (nSPS) is 31.8. The Labute approximate surface area is 153 Å². The van der Waals surface area contributed by atoms with E-state index in [0.29, 0.717) is 0 Å². The van der Waals surface area contributed by atoms with Gasteiger partial charge in [-0.1, -0.05) is 13.8 Å². The van der Waals surface area contributed by atoms with Crippen LogP contribution in [0.5, 0.6) is 0 Å². The lowest BCUT2D eigenvalue weighted by atomic mass is 9.91. The van der Waals surface area contributed by atoms with Crippen LogP contribution in [-0.2, 0) is 0 Å². The quantitative estimate of drug-likeness (QED) is 0.233. The Morgan fingerprint density at radius 3 is 0.882 bits per heavy atom. The van der Waals surface area contributed by atoms with E-state index in [4.69, 9.17) is 12.6 Å². The van der Waals surface area contributed by atoms with Crippen molar-refractivity contribution in [3.8, 4) is 0 Å². The minimum Gasteiger partial charge on any atom is -0.167 e. The van der Waals surface area contributed by atoms with Crippen LogP contribution in [0.1, 0.15) is 13.8 Å². The molecule has 9 heteroatoms. The number of hydrogen-bond donors (Lipinski definition) is 9. The van der Waals surface area contributed by atoms with Crippen LogP contribution in [-0.4, -0.2) is 21.1 Å². The van der Waals surface area contributed by atoms with E-state index in [1.165, 1.54) is 0 Å². The number of rotatable bonds is 1. The van der Waals surface area contributed by atoms with Gasteiger partial charge in [-0.15, -0.1) is 0 Å². The molecule has 0 aromatic heterocycles. The molecular formula is C8H16S9. The summed E-state index contributed by atoms with van der Waals surface area (Å²) in [5.41, 5.74) is 0. The van der Waals surface area contributed by atoms with E-state index in [1.807, 2.05) is 13.8 Å². The summed E-state index contributed by atoms with van der Waals surface area (Å²) >= 11 is 41.4. The van der Waals surface area contributed by atoms with Crippen molar-refractivity contribution in [2.24, 2.45) is 5.92 Å². The third-order valence-electron chi connectivity index (χ3n) is 3.36. The second kappa shape index (κ2) is 4.83. The Kier molecular flexibility index (Phi) is 5.17. The Morgan fingerprint density at radius 2 is 0.765 bits per heavy atom. The molecule has 1 fully saturated rings. The molecule has 0 bridgehead atoms. The molecule has 0 N–H and O–H groups in total. The van der Waals surface area contributed by atoms with Crippen LogP contribution in [0, 0.1) is 5.92 Å². The molecule has 0 aromatic carbocycles. The summed E-state index contributed by atoms with van der Waals surface area (Å²) in [6, 6.07) is 0. The average molecular weight is 401 g/mol. The summed E-state index contributed by atoms with van der Waals surface area (Å²) < 4.78 is -4.87. The Balaban J connectivity index is 3.65. The Bertz CT molecular complexity index is 304. The van der Waals surface area contributed by atoms with Gasteiger partial charge in [0.25, 0.3) is 0 Å². The largest absolute Gasteiger partial charge is 0.167 e. The molecule has 0 spiro atoms. The SMILES string of the molecule is CC(C)C1(S)C(S)(S)C(S)(S)C(S)(S)C1(S)S. The molecule has 0 radical (unpaired) electrons. The first-order chi connectivity index (χ1) is 7.19. The van der Waals surface area contributed by atoms with E-state index in [2.05, 4.69) is 101 Å². The van der Waals surface area contributed by atoms with Gasteiger partial charge in [-0.3, -0.25) is 0 Å². The number of thiol groups is 9. The maximum Gasteiger partial charge on any atom is 0.106 e. The first-order valence-electron chi connectivity index (χ1n) is 4.71. The molecular weight excluding hydrogens is 385 g/mol. The topological polar surface area (TPSA) is 0 Å². The fourth-order valence-corrected chi connectivity index (χ4v) is 7.56. The van der Waals surface area contributed by atoms with Gasteiger partial charge in [0, 0.05) is 0 Å². The molecule has 0 heterocycles. The molecule has 0 amide bonds. The Hall–Kier alpha value is 3.15. The highest BCUT2D eigenvalue weighted by atomic mass is 32.2. The fraction of sp³-hybridized carbons (Fsp3) is 1.00. The van der Waals surface area contributed by atoms with Gasteiger partial charge in [0.15, 0.2) is 0 Å². The predicted octanol–water partition coefficient (Wildman–Crippen LogP) is 3.55. The molecule has 0 aliphatic heterocycles. The van der Waals surface area contributed by atoms with Crippen LogP contribution in [0.2, 0.25) is 0 Å². The van der Waals surface area contributed by atoms with Crippen LogP contribution in [0.25, 0.3) is 0 Å². The molecule has 17 heavy (non-hydrogen) atoms. The molecule has 0 saturated heterocycles. The van der Waals surface area contributed by atoms with Crippen molar-refractivity contribution in [3.63, 3.8) is 0 Å².